The lowest BCUT2D eigenvalue weighted by molar-refractivity contribution is 0.129. The summed E-state index contributed by atoms with van der Waals surface area (Å²) >= 11 is 0. The third-order valence-electron chi connectivity index (χ3n) is 4.54. The fourth-order valence-electron chi connectivity index (χ4n) is 2.85. The third-order valence-corrected chi connectivity index (χ3v) is 4.54. The van der Waals surface area contributed by atoms with Gasteiger partial charge in [0.15, 0.2) is 0 Å². The molecule has 0 spiro atoms. The van der Waals surface area contributed by atoms with Crippen molar-refractivity contribution in [1.82, 2.24) is 5.32 Å². The number of aliphatic hydroxyl groups is 1. The summed E-state index contributed by atoms with van der Waals surface area (Å²) in [6.07, 6.45) is 0. The van der Waals surface area contributed by atoms with Crippen molar-refractivity contribution in [2.24, 2.45) is 5.41 Å². The van der Waals surface area contributed by atoms with Gasteiger partial charge in [0, 0.05) is 31.2 Å². The molecule has 3 heteroatoms. The van der Waals surface area contributed by atoms with Crippen molar-refractivity contribution in [3.05, 3.63) is 65.2 Å². The molecular formula is C20H27NO2. The second-order valence-electron chi connectivity index (χ2n) is 6.82. The molecule has 0 aromatic heterocycles. The predicted molar refractivity (Wildman–Crippen MR) is 94.6 cm³/mol. The Morgan fingerprint density at radius 2 is 1.74 bits per heavy atom. The van der Waals surface area contributed by atoms with Gasteiger partial charge in [-0.15, -0.1) is 0 Å². The van der Waals surface area contributed by atoms with Gasteiger partial charge in [-0.05, 0) is 23.5 Å². The van der Waals surface area contributed by atoms with Crippen LogP contribution in [0.4, 0.5) is 0 Å². The first-order chi connectivity index (χ1) is 11.0. The predicted octanol–water partition coefficient (Wildman–Crippen LogP) is 3.59. The van der Waals surface area contributed by atoms with E-state index in [0.29, 0.717) is 12.3 Å². The number of hydrogen-bond acceptors (Lipinski definition) is 3. The van der Waals surface area contributed by atoms with Crippen LogP contribution in [0.15, 0.2) is 48.5 Å². The normalized spacial score (nSPS) is 13.0. The molecule has 0 heterocycles. The molecule has 3 nitrogen and oxygen atoms in total. The first kappa shape index (κ1) is 17.5. The fraction of sp³-hybridized carbons (Fsp3) is 0.400. The summed E-state index contributed by atoms with van der Waals surface area (Å²) in [5, 5.41) is 23.3. The molecule has 23 heavy (non-hydrogen) atoms. The second-order valence-corrected chi connectivity index (χ2v) is 6.82. The highest BCUT2D eigenvalue weighted by Gasteiger charge is 2.29. The molecule has 0 radical (unpaired) electrons. The first-order valence-corrected chi connectivity index (χ1v) is 8.09. The number of hydrogen-bond donors (Lipinski definition) is 3. The van der Waals surface area contributed by atoms with Crippen molar-refractivity contribution in [2.45, 2.75) is 33.2 Å². The van der Waals surface area contributed by atoms with Crippen LogP contribution in [0.25, 0.3) is 0 Å². The number of aromatic hydroxyl groups is 1. The van der Waals surface area contributed by atoms with Crippen LogP contribution >= 0.6 is 0 Å². The Kier molecular flexibility index (Phi) is 5.80. The minimum atomic E-state index is -0.219. The molecule has 0 aliphatic carbocycles. The van der Waals surface area contributed by atoms with Crippen molar-refractivity contribution in [3.8, 4) is 5.75 Å². The summed E-state index contributed by atoms with van der Waals surface area (Å²) in [6.45, 7) is 7.54. The largest absolute Gasteiger partial charge is 0.507 e. The lowest BCUT2D eigenvalue weighted by Crippen LogP contribution is -2.34. The highest BCUT2D eigenvalue weighted by molar-refractivity contribution is 5.39. The Morgan fingerprint density at radius 1 is 1.04 bits per heavy atom. The minimum Gasteiger partial charge on any atom is -0.507 e. The van der Waals surface area contributed by atoms with Crippen LogP contribution in [0, 0.1) is 12.3 Å². The van der Waals surface area contributed by atoms with E-state index in [9.17, 15) is 10.2 Å². The molecular weight excluding hydrogens is 286 g/mol. The lowest BCUT2D eigenvalue weighted by Gasteiger charge is -2.33. The number of nitrogens with one attached hydrogen (secondary N) is 1. The second kappa shape index (κ2) is 7.62. The van der Waals surface area contributed by atoms with Crippen molar-refractivity contribution in [1.29, 1.82) is 0 Å². The average molecular weight is 313 g/mol. The van der Waals surface area contributed by atoms with Gasteiger partial charge in [0.2, 0.25) is 0 Å². The Balaban J connectivity index is 2.09. The molecule has 2 aromatic rings. The number of phenols is 1. The maximum atomic E-state index is 10.1. The zero-order valence-electron chi connectivity index (χ0n) is 14.2. The lowest BCUT2D eigenvalue weighted by atomic mass is 9.75. The summed E-state index contributed by atoms with van der Waals surface area (Å²) in [7, 11) is 0. The van der Waals surface area contributed by atoms with Crippen LogP contribution < -0.4 is 5.32 Å². The maximum Gasteiger partial charge on any atom is 0.122 e. The summed E-state index contributed by atoms with van der Waals surface area (Å²) in [5.74, 6) is 0.554. The van der Waals surface area contributed by atoms with Crippen LogP contribution in [0.1, 0.15) is 36.5 Å². The molecule has 124 valence electrons. The van der Waals surface area contributed by atoms with Crippen molar-refractivity contribution in [3.63, 3.8) is 0 Å². The van der Waals surface area contributed by atoms with Crippen molar-refractivity contribution >= 4 is 0 Å². The van der Waals surface area contributed by atoms with E-state index in [4.69, 9.17) is 0 Å². The highest BCUT2D eigenvalue weighted by atomic mass is 16.3. The molecule has 3 N–H and O–H groups in total. The van der Waals surface area contributed by atoms with Gasteiger partial charge in [0.1, 0.15) is 5.75 Å². The first-order valence-electron chi connectivity index (χ1n) is 8.09. The molecule has 2 aromatic carbocycles. The van der Waals surface area contributed by atoms with E-state index in [2.05, 4.69) is 31.3 Å². The number of aliphatic hydroxyl groups excluding tert-OH is 1. The van der Waals surface area contributed by atoms with Gasteiger partial charge in [0.25, 0.3) is 0 Å². The van der Waals surface area contributed by atoms with Crippen LogP contribution in [0.3, 0.4) is 0 Å². The zero-order chi connectivity index (χ0) is 16.9. The number of rotatable bonds is 7. The van der Waals surface area contributed by atoms with E-state index in [0.717, 1.165) is 17.7 Å². The zero-order valence-corrected chi connectivity index (χ0v) is 14.2. The third kappa shape index (κ3) is 4.34. The van der Waals surface area contributed by atoms with E-state index in [-0.39, 0.29) is 17.9 Å². The molecule has 1 unspecified atom stereocenters. The molecule has 2 rings (SSSR count). The number of aryl methyl sites for hydroxylation is 1. The summed E-state index contributed by atoms with van der Waals surface area (Å²) < 4.78 is 0. The van der Waals surface area contributed by atoms with Crippen molar-refractivity contribution < 1.29 is 10.2 Å². The van der Waals surface area contributed by atoms with Crippen LogP contribution in [0.2, 0.25) is 0 Å². The quantitative estimate of drug-likeness (QED) is 0.732. The smallest absolute Gasteiger partial charge is 0.122 e. The summed E-state index contributed by atoms with van der Waals surface area (Å²) in [5.41, 5.74) is 2.79. The van der Waals surface area contributed by atoms with Gasteiger partial charge in [-0.2, -0.15) is 0 Å². The molecule has 0 fully saturated rings. The SMILES string of the molecule is Cc1cccc(CNCC(c2ccccc2)C(C)(C)CO)c1O. The van der Waals surface area contributed by atoms with Gasteiger partial charge >= 0.3 is 0 Å². The Hall–Kier alpha value is -1.84. The number of benzene rings is 2. The standard InChI is InChI=1S/C20H27NO2/c1-15-8-7-11-17(19(15)23)12-21-13-18(20(2,3)14-22)16-9-5-4-6-10-16/h4-11,18,21-23H,12-14H2,1-3H3. The van der Waals surface area contributed by atoms with Gasteiger partial charge in [0.05, 0.1) is 0 Å². The Bertz CT molecular complexity index is 623. The highest BCUT2D eigenvalue weighted by Crippen LogP contribution is 2.34. The van der Waals surface area contributed by atoms with Crippen LogP contribution in [-0.4, -0.2) is 23.4 Å². The Morgan fingerprint density at radius 3 is 2.39 bits per heavy atom. The topological polar surface area (TPSA) is 52.5 Å². The Labute approximate surface area is 139 Å². The maximum absolute atomic E-state index is 10.1. The molecule has 0 bridgehead atoms. The van der Waals surface area contributed by atoms with E-state index in [1.165, 1.54) is 5.56 Å². The van der Waals surface area contributed by atoms with E-state index >= 15 is 0 Å². The molecule has 1 atom stereocenters. The van der Waals surface area contributed by atoms with Gasteiger partial charge in [-0.25, -0.2) is 0 Å². The molecule has 0 saturated heterocycles. The van der Waals surface area contributed by atoms with Crippen LogP contribution in [0.5, 0.6) is 5.75 Å². The van der Waals surface area contributed by atoms with E-state index in [1.807, 2.05) is 43.3 Å². The van der Waals surface area contributed by atoms with E-state index in [1.54, 1.807) is 0 Å². The number of phenolic OH excluding ortho intramolecular Hbond substituents is 1. The van der Waals surface area contributed by atoms with Gasteiger partial charge in [-0.3, -0.25) is 0 Å². The average Bonchev–Trinajstić information content (AvgIpc) is 2.56. The molecule has 0 amide bonds. The van der Waals surface area contributed by atoms with Crippen molar-refractivity contribution in [2.75, 3.05) is 13.2 Å². The molecule has 0 aliphatic rings. The fourth-order valence-corrected chi connectivity index (χ4v) is 2.85. The molecule has 0 saturated carbocycles. The van der Waals surface area contributed by atoms with Crippen LogP contribution in [-0.2, 0) is 6.54 Å². The monoisotopic (exact) mass is 313 g/mol. The number of para-hydroxylation sites is 1. The summed E-state index contributed by atoms with van der Waals surface area (Å²) in [4.78, 5) is 0. The molecule has 0 aliphatic heterocycles. The van der Waals surface area contributed by atoms with E-state index < -0.39 is 0 Å². The summed E-state index contributed by atoms with van der Waals surface area (Å²) in [6, 6.07) is 16.1. The minimum absolute atomic E-state index is 0.129. The van der Waals surface area contributed by atoms with Gasteiger partial charge < -0.3 is 15.5 Å². The van der Waals surface area contributed by atoms with Gasteiger partial charge in [-0.1, -0.05) is 62.4 Å².